The van der Waals surface area contributed by atoms with Gasteiger partial charge in [-0.25, -0.2) is 4.79 Å². The smallest absolute Gasteiger partial charge is 0.379 e. The standard InChI is InChI=1S/C27H36F3N3O5S/c1-5-32(6-2)22-13-12-20(17-33(26(34)31-19(3)4)18-23-10-8-14-37-23)25(16-22)38-39(35,36)24-11-7-9-21(15-24)27(28,29)30/h7,9,11-13,15-16,19,23H,5-6,8,10,14,17-18H2,1-4H3,(H,31,34). The first-order valence-corrected chi connectivity index (χ1v) is 14.4. The predicted octanol–water partition coefficient (Wildman–Crippen LogP) is 5.42. The van der Waals surface area contributed by atoms with Crippen LogP contribution in [0.3, 0.4) is 0 Å². The number of rotatable bonds is 11. The van der Waals surface area contributed by atoms with Crippen molar-refractivity contribution in [2.75, 3.05) is 31.1 Å². The topological polar surface area (TPSA) is 88.2 Å². The van der Waals surface area contributed by atoms with Crippen molar-refractivity contribution in [1.82, 2.24) is 10.2 Å². The number of halogens is 3. The summed E-state index contributed by atoms with van der Waals surface area (Å²) in [7, 11) is -4.63. The number of carbonyl (C=O) groups is 1. The molecule has 1 unspecified atom stereocenters. The maximum absolute atomic E-state index is 13.2. The van der Waals surface area contributed by atoms with E-state index in [0.29, 0.717) is 37.0 Å². The molecule has 1 aliphatic heterocycles. The number of alkyl halides is 3. The lowest BCUT2D eigenvalue weighted by Gasteiger charge is -2.28. The third-order valence-corrected chi connectivity index (χ3v) is 7.57. The fraction of sp³-hybridized carbons (Fsp3) is 0.519. The Labute approximate surface area is 228 Å². The van der Waals surface area contributed by atoms with Crippen molar-refractivity contribution in [3.8, 4) is 5.75 Å². The molecule has 2 amide bonds. The monoisotopic (exact) mass is 571 g/mol. The van der Waals surface area contributed by atoms with Crippen molar-refractivity contribution in [3.63, 3.8) is 0 Å². The van der Waals surface area contributed by atoms with Gasteiger partial charge in [-0.15, -0.1) is 0 Å². The van der Waals surface area contributed by atoms with Crippen LogP contribution in [0, 0.1) is 0 Å². The van der Waals surface area contributed by atoms with Crippen LogP contribution >= 0.6 is 0 Å². The molecular formula is C27H36F3N3O5S. The van der Waals surface area contributed by atoms with Crippen LogP contribution in [0.25, 0.3) is 0 Å². The predicted molar refractivity (Wildman–Crippen MR) is 142 cm³/mol. The maximum atomic E-state index is 13.2. The second-order valence-corrected chi connectivity index (χ2v) is 11.2. The summed E-state index contributed by atoms with van der Waals surface area (Å²) in [5, 5.41) is 2.86. The maximum Gasteiger partial charge on any atom is 0.416 e. The second-order valence-electron chi connectivity index (χ2n) is 9.65. The average Bonchev–Trinajstić information content (AvgIpc) is 3.38. The van der Waals surface area contributed by atoms with Gasteiger partial charge in [0.05, 0.1) is 18.2 Å². The number of urea groups is 1. The van der Waals surface area contributed by atoms with Crippen LogP contribution in [-0.2, 0) is 27.6 Å². The molecule has 2 aromatic rings. The molecule has 2 aromatic carbocycles. The van der Waals surface area contributed by atoms with Crippen molar-refractivity contribution >= 4 is 21.8 Å². The molecule has 0 radical (unpaired) electrons. The molecule has 0 aromatic heterocycles. The van der Waals surface area contributed by atoms with E-state index in [-0.39, 0.29) is 37.0 Å². The van der Waals surface area contributed by atoms with Crippen LogP contribution in [0.5, 0.6) is 5.75 Å². The van der Waals surface area contributed by atoms with Crippen LogP contribution in [0.4, 0.5) is 23.7 Å². The van der Waals surface area contributed by atoms with E-state index in [1.54, 1.807) is 12.1 Å². The van der Waals surface area contributed by atoms with Crippen molar-refractivity contribution in [2.45, 2.75) is 70.3 Å². The average molecular weight is 572 g/mol. The zero-order chi connectivity index (χ0) is 28.8. The molecule has 12 heteroatoms. The number of nitrogens with one attached hydrogen (secondary N) is 1. The minimum atomic E-state index is -4.72. The summed E-state index contributed by atoms with van der Waals surface area (Å²) in [5.74, 6) is -0.0634. The largest absolute Gasteiger partial charge is 0.416 e. The molecule has 0 aliphatic carbocycles. The Morgan fingerprint density at radius 3 is 2.46 bits per heavy atom. The molecular weight excluding hydrogens is 535 g/mol. The Hall–Kier alpha value is -2.99. The quantitative estimate of drug-likeness (QED) is 0.363. The molecule has 216 valence electrons. The lowest BCUT2D eigenvalue weighted by atomic mass is 10.1. The van der Waals surface area contributed by atoms with Gasteiger partial charge in [-0.3, -0.25) is 0 Å². The summed E-state index contributed by atoms with van der Waals surface area (Å²) >= 11 is 0. The van der Waals surface area contributed by atoms with Crippen LogP contribution < -0.4 is 14.4 Å². The number of amides is 2. The summed E-state index contributed by atoms with van der Waals surface area (Å²) in [5.41, 5.74) is -0.0361. The Kier molecular flexibility index (Phi) is 10.1. The van der Waals surface area contributed by atoms with E-state index in [9.17, 15) is 26.4 Å². The van der Waals surface area contributed by atoms with E-state index in [0.717, 1.165) is 31.0 Å². The lowest BCUT2D eigenvalue weighted by molar-refractivity contribution is -0.137. The van der Waals surface area contributed by atoms with Gasteiger partial charge >= 0.3 is 22.3 Å². The number of hydrogen-bond donors (Lipinski definition) is 1. The number of ether oxygens (including phenoxy) is 1. The number of anilines is 1. The molecule has 1 atom stereocenters. The molecule has 8 nitrogen and oxygen atoms in total. The molecule has 1 fully saturated rings. The van der Waals surface area contributed by atoms with Crippen molar-refractivity contribution in [1.29, 1.82) is 0 Å². The number of carbonyl (C=O) groups excluding carboxylic acids is 1. The first-order valence-electron chi connectivity index (χ1n) is 13.0. The zero-order valence-electron chi connectivity index (χ0n) is 22.6. The molecule has 1 N–H and O–H groups in total. The highest BCUT2D eigenvalue weighted by molar-refractivity contribution is 7.87. The van der Waals surface area contributed by atoms with Gasteiger partial charge in [0.25, 0.3) is 0 Å². The Morgan fingerprint density at radius 2 is 1.87 bits per heavy atom. The van der Waals surface area contributed by atoms with Gasteiger partial charge in [0.15, 0.2) is 0 Å². The summed E-state index contributed by atoms with van der Waals surface area (Å²) < 4.78 is 77.3. The Bertz CT molecular complexity index is 1230. The summed E-state index contributed by atoms with van der Waals surface area (Å²) in [4.78, 5) is 15.9. The third-order valence-electron chi connectivity index (χ3n) is 6.34. The van der Waals surface area contributed by atoms with E-state index in [4.69, 9.17) is 8.92 Å². The molecule has 1 aliphatic rings. The highest BCUT2D eigenvalue weighted by atomic mass is 32.2. The minimum absolute atomic E-state index is 0.00435. The van der Waals surface area contributed by atoms with Crippen molar-refractivity contribution in [3.05, 3.63) is 53.6 Å². The number of hydrogen-bond acceptors (Lipinski definition) is 6. The van der Waals surface area contributed by atoms with Gasteiger partial charge in [0.1, 0.15) is 10.6 Å². The minimum Gasteiger partial charge on any atom is -0.379 e. The molecule has 0 saturated carbocycles. The third kappa shape index (κ3) is 8.25. The summed E-state index contributed by atoms with van der Waals surface area (Å²) in [6.07, 6.45) is -3.20. The first kappa shape index (κ1) is 30.6. The fourth-order valence-corrected chi connectivity index (χ4v) is 5.33. The van der Waals surface area contributed by atoms with E-state index < -0.39 is 26.8 Å². The van der Waals surface area contributed by atoms with Gasteiger partial charge < -0.3 is 24.0 Å². The van der Waals surface area contributed by atoms with Crippen LogP contribution in [0.15, 0.2) is 47.4 Å². The van der Waals surface area contributed by atoms with Gasteiger partial charge in [0.2, 0.25) is 0 Å². The van der Waals surface area contributed by atoms with Crippen molar-refractivity contribution < 1.29 is 35.3 Å². The van der Waals surface area contributed by atoms with E-state index >= 15 is 0 Å². The highest BCUT2D eigenvalue weighted by Crippen LogP contribution is 2.33. The number of benzene rings is 2. The van der Waals surface area contributed by atoms with Crippen molar-refractivity contribution in [2.24, 2.45) is 0 Å². The van der Waals surface area contributed by atoms with Crippen LogP contribution in [-0.4, -0.2) is 57.7 Å². The molecule has 39 heavy (non-hydrogen) atoms. The molecule has 3 rings (SSSR count). The van der Waals surface area contributed by atoms with E-state index in [2.05, 4.69) is 5.32 Å². The Balaban J connectivity index is 2.01. The Morgan fingerprint density at radius 1 is 1.15 bits per heavy atom. The SMILES string of the molecule is CCN(CC)c1ccc(CN(CC2CCCO2)C(=O)NC(C)C)c(OS(=O)(=O)c2cccc(C(F)(F)F)c2)c1. The van der Waals surface area contributed by atoms with Gasteiger partial charge in [0, 0.05) is 49.6 Å². The van der Waals surface area contributed by atoms with Gasteiger partial charge in [-0.05, 0) is 64.8 Å². The van der Waals surface area contributed by atoms with Crippen LogP contribution in [0.2, 0.25) is 0 Å². The summed E-state index contributed by atoms with van der Waals surface area (Å²) in [6, 6.07) is 7.95. The lowest BCUT2D eigenvalue weighted by Crippen LogP contribution is -2.45. The summed E-state index contributed by atoms with van der Waals surface area (Å²) in [6.45, 7) is 9.71. The number of nitrogens with zero attached hydrogens (tertiary/aromatic N) is 2. The highest BCUT2D eigenvalue weighted by Gasteiger charge is 2.32. The van der Waals surface area contributed by atoms with Gasteiger partial charge in [-0.2, -0.15) is 21.6 Å². The zero-order valence-corrected chi connectivity index (χ0v) is 23.4. The first-order chi connectivity index (χ1) is 18.3. The fourth-order valence-electron chi connectivity index (χ4n) is 4.33. The van der Waals surface area contributed by atoms with E-state index in [1.165, 1.54) is 11.0 Å². The molecule has 0 spiro atoms. The molecule has 0 bridgehead atoms. The second kappa shape index (κ2) is 12.9. The van der Waals surface area contributed by atoms with Crippen LogP contribution in [0.1, 0.15) is 51.7 Å². The molecule has 1 saturated heterocycles. The van der Waals surface area contributed by atoms with Gasteiger partial charge in [-0.1, -0.05) is 12.1 Å². The molecule has 1 heterocycles. The van der Waals surface area contributed by atoms with E-state index in [1.807, 2.05) is 32.6 Å². The normalized spacial score (nSPS) is 15.8.